The number of hydrogen-bond acceptors (Lipinski definition) is 2. The highest BCUT2D eigenvalue weighted by Gasteiger charge is 2.06. The van der Waals surface area contributed by atoms with E-state index in [1.165, 1.54) is 27.8 Å². The predicted octanol–water partition coefficient (Wildman–Crippen LogP) is 8.09. The van der Waals surface area contributed by atoms with Gasteiger partial charge in [0.2, 0.25) is 0 Å². The van der Waals surface area contributed by atoms with Crippen LogP contribution in [0.15, 0.2) is 101 Å². The highest BCUT2D eigenvalue weighted by Crippen LogP contribution is 2.20. The molecular formula is C31H38N2. The van der Waals surface area contributed by atoms with Crippen LogP contribution < -0.4 is 0 Å². The van der Waals surface area contributed by atoms with Crippen molar-refractivity contribution in [2.24, 2.45) is 4.99 Å². The number of hydrogen-bond donors (Lipinski definition) is 0. The topological polar surface area (TPSA) is 25.2 Å². The molecule has 1 heterocycles. The summed E-state index contributed by atoms with van der Waals surface area (Å²) in [6.07, 6.45) is 10.7. The molecule has 2 rings (SSSR count). The van der Waals surface area contributed by atoms with Crippen LogP contribution in [0, 0.1) is 6.92 Å². The second-order valence-electron chi connectivity index (χ2n) is 9.26. The molecule has 0 saturated heterocycles. The summed E-state index contributed by atoms with van der Waals surface area (Å²) < 4.78 is 0. The molecule has 2 nitrogen and oxygen atoms in total. The van der Waals surface area contributed by atoms with Gasteiger partial charge in [0.15, 0.2) is 0 Å². The first-order valence-electron chi connectivity index (χ1n) is 11.5. The van der Waals surface area contributed by atoms with Crippen LogP contribution in [0.4, 0.5) is 0 Å². The van der Waals surface area contributed by atoms with Crippen LogP contribution >= 0.6 is 0 Å². The van der Waals surface area contributed by atoms with Crippen molar-refractivity contribution in [3.05, 3.63) is 124 Å². The zero-order chi connectivity index (χ0) is 24.4. The predicted molar refractivity (Wildman–Crippen MR) is 145 cm³/mol. The van der Waals surface area contributed by atoms with Crippen LogP contribution in [-0.4, -0.2) is 10.7 Å². The molecule has 2 heteroatoms. The monoisotopic (exact) mass is 438 g/mol. The Kier molecular flexibility index (Phi) is 10.00. The summed E-state index contributed by atoms with van der Waals surface area (Å²) in [7, 11) is 0. The summed E-state index contributed by atoms with van der Waals surface area (Å²) in [5.74, 6) is 0. The van der Waals surface area contributed by atoms with E-state index in [2.05, 4.69) is 100 Å². The van der Waals surface area contributed by atoms with Gasteiger partial charge >= 0.3 is 0 Å². The lowest BCUT2D eigenvalue weighted by atomic mass is 9.96. The molecule has 2 aromatic rings. The Balaban J connectivity index is 2.31. The molecule has 1 aromatic heterocycles. The Bertz CT molecular complexity index is 1120. The highest BCUT2D eigenvalue weighted by atomic mass is 14.7. The molecule has 0 fully saturated rings. The van der Waals surface area contributed by atoms with E-state index in [1.807, 2.05) is 19.9 Å². The van der Waals surface area contributed by atoms with Crippen LogP contribution in [0.5, 0.6) is 0 Å². The van der Waals surface area contributed by atoms with E-state index >= 15 is 0 Å². The zero-order valence-corrected chi connectivity index (χ0v) is 21.2. The second kappa shape index (κ2) is 12.7. The van der Waals surface area contributed by atoms with E-state index < -0.39 is 0 Å². The third-order valence-corrected chi connectivity index (χ3v) is 4.88. The van der Waals surface area contributed by atoms with E-state index in [0.717, 1.165) is 47.6 Å². The Morgan fingerprint density at radius 2 is 1.58 bits per heavy atom. The number of aromatic nitrogens is 1. The number of allylic oxidation sites excluding steroid dienone is 8. The smallest absolute Gasteiger partial charge is 0.0450 e. The number of nitrogens with zero attached hydrogens (tertiary/aromatic N) is 2. The molecule has 0 saturated carbocycles. The maximum Gasteiger partial charge on any atom is 0.0450 e. The third kappa shape index (κ3) is 10.3. The van der Waals surface area contributed by atoms with Crippen molar-refractivity contribution >= 4 is 5.71 Å². The van der Waals surface area contributed by atoms with Crippen LogP contribution in [0.1, 0.15) is 62.7 Å². The van der Waals surface area contributed by atoms with E-state index in [1.54, 1.807) is 0 Å². The van der Waals surface area contributed by atoms with Crippen LogP contribution in [0.25, 0.3) is 0 Å². The fraction of sp³-hybridized carbons (Fsp3) is 0.290. The van der Waals surface area contributed by atoms with Gasteiger partial charge in [0, 0.05) is 35.6 Å². The second-order valence-corrected chi connectivity index (χ2v) is 9.26. The van der Waals surface area contributed by atoms with Gasteiger partial charge in [-0.2, -0.15) is 0 Å². The molecule has 0 spiro atoms. The molecule has 0 aliphatic rings. The Hall–Kier alpha value is -3.26. The summed E-state index contributed by atoms with van der Waals surface area (Å²) in [6.45, 7) is 20.9. The van der Waals surface area contributed by atoms with Crippen molar-refractivity contribution in [3.63, 3.8) is 0 Å². The Morgan fingerprint density at radius 1 is 0.909 bits per heavy atom. The summed E-state index contributed by atoms with van der Waals surface area (Å²) in [5, 5.41) is 0. The van der Waals surface area contributed by atoms with Crippen molar-refractivity contribution in [2.45, 2.75) is 60.8 Å². The van der Waals surface area contributed by atoms with Gasteiger partial charge < -0.3 is 0 Å². The maximum absolute atomic E-state index is 4.69. The first kappa shape index (κ1) is 26.0. The average Bonchev–Trinajstić information content (AvgIpc) is 2.66. The standard InChI is InChI=1S/C31H38N2/c1-22(2)11-9-12-24(5)16-28-18-29(17-27(8)32-26(7)15-23(3)4)20-30(19-28)21-31-14-10-13-25(6)33-31/h9-15,18-20H,5,8,16-17,21H2,1-4,6-7H3/b12-9-,32-26?. The molecule has 0 unspecified atom stereocenters. The number of rotatable bonds is 10. The molecule has 172 valence electrons. The molecule has 0 amide bonds. The van der Waals surface area contributed by atoms with E-state index in [0.29, 0.717) is 0 Å². The van der Waals surface area contributed by atoms with Crippen LogP contribution in [0.2, 0.25) is 0 Å². The maximum atomic E-state index is 4.69. The van der Waals surface area contributed by atoms with Gasteiger partial charge in [-0.25, -0.2) is 0 Å². The molecule has 33 heavy (non-hydrogen) atoms. The van der Waals surface area contributed by atoms with E-state index in [9.17, 15) is 0 Å². The largest absolute Gasteiger partial charge is 0.258 e. The fourth-order valence-electron chi connectivity index (χ4n) is 3.73. The molecule has 0 aliphatic carbocycles. The van der Waals surface area contributed by atoms with Crippen molar-refractivity contribution < 1.29 is 0 Å². The number of benzene rings is 1. The minimum Gasteiger partial charge on any atom is -0.258 e. The molecule has 0 N–H and O–H groups in total. The lowest BCUT2D eigenvalue weighted by molar-refractivity contribution is 1.02. The summed E-state index contributed by atoms with van der Waals surface area (Å²) >= 11 is 0. The number of aliphatic imine (C=N–C) groups is 1. The first-order chi connectivity index (χ1) is 15.6. The van der Waals surface area contributed by atoms with Crippen molar-refractivity contribution in [1.82, 2.24) is 4.98 Å². The SMILES string of the molecule is C=C(/C=C\C=C(C)C)Cc1cc(CC(=C)N=C(C)C=C(C)C)cc(Cc2cccc(C)n2)c1. The summed E-state index contributed by atoms with van der Waals surface area (Å²) in [6, 6.07) is 13.0. The van der Waals surface area contributed by atoms with Gasteiger partial charge in [-0.1, -0.05) is 72.4 Å². The fourth-order valence-corrected chi connectivity index (χ4v) is 3.73. The molecule has 0 aliphatic heterocycles. The van der Waals surface area contributed by atoms with Crippen molar-refractivity contribution in [2.75, 3.05) is 0 Å². The zero-order valence-electron chi connectivity index (χ0n) is 21.2. The normalized spacial score (nSPS) is 11.4. The summed E-state index contributed by atoms with van der Waals surface area (Å²) in [5.41, 5.74) is 11.3. The minimum atomic E-state index is 0.718. The highest BCUT2D eigenvalue weighted by molar-refractivity contribution is 5.93. The number of aryl methyl sites for hydroxylation is 1. The Morgan fingerprint density at radius 3 is 2.21 bits per heavy atom. The first-order valence-corrected chi connectivity index (χ1v) is 11.5. The molecule has 1 aromatic carbocycles. The average molecular weight is 439 g/mol. The minimum absolute atomic E-state index is 0.718. The van der Waals surface area contributed by atoms with E-state index in [-0.39, 0.29) is 0 Å². The molecular weight excluding hydrogens is 400 g/mol. The number of pyridine rings is 1. The van der Waals surface area contributed by atoms with Crippen LogP contribution in [-0.2, 0) is 19.3 Å². The van der Waals surface area contributed by atoms with Gasteiger partial charge in [-0.15, -0.1) is 0 Å². The van der Waals surface area contributed by atoms with Crippen LogP contribution in [0.3, 0.4) is 0 Å². The van der Waals surface area contributed by atoms with Gasteiger partial charge in [-0.05, 0) is 82.9 Å². The van der Waals surface area contributed by atoms with Gasteiger partial charge in [0.1, 0.15) is 0 Å². The van der Waals surface area contributed by atoms with E-state index in [4.69, 9.17) is 4.98 Å². The van der Waals surface area contributed by atoms with Gasteiger partial charge in [0.25, 0.3) is 0 Å². The third-order valence-electron chi connectivity index (χ3n) is 4.88. The van der Waals surface area contributed by atoms with Gasteiger partial charge in [0.05, 0.1) is 0 Å². The van der Waals surface area contributed by atoms with Crippen molar-refractivity contribution in [1.29, 1.82) is 0 Å². The lowest BCUT2D eigenvalue weighted by Crippen LogP contribution is -1.99. The quantitative estimate of drug-likeness (QED) is 0.272. The molecule has 0 radical (unpaired) electrons. The molecule has 0 bridgehead atoms. The van der Waals surface area contributed by atoms with Gasteiger partial charge in [-0.3, -0.25) is 9.98 Å². The molecule has 0 atom stereocenters. The summed E-state index contributed by atoms with van der Waals surface area (Å²) in [4.78, 5) is 9.38. The van der Waals surface area contributed by atoms with Crippen molar-refractivity contribution in [3.8, 4) is 0 Å². The lowest BCUT2D eigenvalue weighted by Gasteiger charge is -2.11. The Labute approximate surface area is 200 Å².